The fraction of sp³-hybridized carbons (Fsp3) is 0.364. The maximum absolute atomic E-state index is 13.1. The highest BCUT2D eigenvalue weighted by molar-refractivity contribution is 7.89. The number of aryl methyl sites for hydroxylation is 1. The maximum atomic E-state index is 13.1. The molecule has 0 atom stereocenters. The van der Waals surface area contributed by atoms with Crippen LogP contribution in [0.1, 0.15) is 18.4 Å². The van der Waals surface area contributed by atoms with Crippen LogP contribution in [0.2, 0.25) is 0 Å². The minimum Gasteiger partial charge on any atom is -0.496 e. The fourth-order valence-electron chi connectivity index (χ4n) is 4.19. The van der Waals surface area contributed by atoms with Gasteiger partial charge in [-0.05, 0) is 55.7 Å². The van der Waals surface area contributed by atoms with Gasteiger partial charge in [0.05, 0.1) is 17.7 Å². The molecular weight excluding hydrogens is 418 g/mol. The quantitative estimate of drug-likeness (QED) is 0.663. The average Bonchev–Trinajstić information content (AvgIpc) is 3.08. The van der Waals surface area contributed by atoms with Gasteiger partial charge in [-0.3, -0.25) is 4.79 Å². The molecule has 164 valence electrons. The third-order valence-electron chi connectivity index (χ3n) is 5.87. The number of hydrogen-bond donors (Lipinski definition) is 0. The Balaban J connectivity index is 1.45. The summed E-state index contributed by atoms with van der Waals surface area (Å²) in [7, 11) is -2.09. The minimum absolute atomic E-state index is 0.0167. The zero-order valence-electron chi connectivity index (χ0n) is 17.5. The number of piperidine rings is 1. The van der Waals surface area contributed by atoms with E-state index in [0.717, 1.165) is 5.56 Å². The van der Waals surface area contributed by atoms with E-state index in [0.29, 0.717) is 37.4 Å². The Bertz CT molecular complexity index is 1100. The highest BCUT2D eigenvalue weighted by Gasteiger charge is 2.42. The van der Waals surface area contributed by atoms with Crippen LogP contribution in [-0.4, -0.2) is 62.3 Å². The van der Waals surface area contributed by atoms with Crippen LogP contribution in [0.5, 0.6) is 5.75 Å². The summed E-state index contributed by atoms with van der Waals surface area (Å²) in [5.41, 5.74) is 1.30. The van der Waals surface area contributed by atoms with Crippen molar-refractivity contribution < 1.29 is 22.7 Å². The monoisotopic (exact) mass is 443 g/mol. The van der Waals surface area contributed by atoms with Crippen molar-refractivity contribution in [2.75, 3.05) is 31.6 Å². The van der Waals surface area contributed by atoms with Crippen molar-refractivity contribution in [1.29, 1.82) is 0 Å². The molecular formula is C22H25N3O5S. The van der Waals surface area contributed by atoms with Crippen molar-refractivity contribution in [1.82, 2.24) is 9.21 Å². The maximum Gasteiger partial charge on any atom is 0.332 e. The van der Waals surface area contributed by atoms with Gasteiger partial charge in [0.2, 0.25) is 10.0 Å². The lowest BCUT2D eigenvalue weighted by Crippen LogP contribution is -2.48. The first-order valence-electron chi connectivity index (χ1n) is 10.2. The number of benzene rings is 2. The van der Waals surface area contributed by atoms with Crippen LogP contribution in [0.15, 0.2) is 53.4 Å². The summed E-state index contributed by atoms with van der Waals surface area (Å²) in [4.78, 5) is 28.4. The summed E-state index contributed by atoms with van der Waals surface area (Å²) in [6.45, 7) is 2.41. The highest BCUT2D eigenvalue weighted by atomic mass is 32.2. The van der Waals surface area contributed by atoms with Gasteiger partial charge in [0.1, 0.15) is 12.3 Å². The van der Waals surface area contributed by atoms with E-state index in [9.17, 15) is 18.0 Å². The lowest BCUT2D eigenvalue weighted by atomic mass is 10.1. The number of ether oxygens (including phenoxy) is 1. The summed E-state index contributed by atoms with van der Waals surface area (Å²) < 4.78 is 32.8. The molecule has 8 nitrogen and oxygen atoms in total. The molecule has 0 aliphatic carbocycles. The Hall–Kier alpha value is -2.91. The molecule has 3 amide bonds. The number of urea groups is 1. The predicted octanol–water partition coefficient (Wildman–Crippen LogP) is 2.63. The molecule has 0 aromatic heterocycles. The SMILES string of the molecule is COc1ccc(S(=O)(=O)N2CCC(N3CC(=O)N(c4ccccc4)C3=O)CC2)cc1C. The Morgan fingerprint density at radius 3 is 2.29 bits per heavy atom. The molecule has 0 N–H and O–H groups in total. The van der Waals surface area contributed by atoms with Crippen molar-refractivity contribution >= 4 is 27.6 Å². The van der Waals surface area contributed by atoms with Crippen molar-refractivity contribution in [2.45, 2.75) is 30.7 Å². The first kappa shape index (κ1) is 21.3. The molecule has 0 spiro atoms. The van der Waals surface area contributed by atoms with Gasteiger partial charge in [-0.25, -0.2) is 18.1 Å². The second kappa shape index (κ2) is 8.32. The van der Waals surface area contributed by atoms with Crippen LogP contribution >= 0.6 is 0 Å². The highest BCUT2D eigenvalue weighted by Crippen LogP contribution is 2.29. The molecule has 2 saturated heterocycles. The molecule has 2 aliphatic heterocycles. The molecule has 2 aliphatic rings. The molecule has 0 saturated carbocycles. The number of anilines is 1. The predicted molar refractivity (Wildman–Crippen MR) is 116 cm³/mol. The lowest BCUT2D eigenvalue weighted by Gasteiger charge is -2.35. The number of amides is 3. The van der Waals surface area contributed by atoms with Crippen LogP contribution in [0, 0.1) is 6.92 Å². The van der Waals surface area contributed by atoms with Crippen molar-refractivity contribution in [3.8, 4) is 5.75 Å². The number of imide groups is 1. The van der Waals surface area contributed by atoms with Crippen LogP contribution in [0.3, 0.4) is 0 Å². The van der Waals surface area contributed by atoms with Crippen molar-refractivity contribution in [3.63, 3.8) is 0 Å². The van der Waals surface area contributed by atoms with Crippen molar-refractivity contribution in [2.24, 2.45) is 0 Å². The van der Waals surface area contributed by atoms with Crippen LogP contribution in [0.4, 0.5) is 10.5 Å². The Morgan fingerprint density at radius 1 is 1.00 bits per heavy atom. The molecule has 0 radical (unpaired) electrons. The average molecular weight is 444 g/mol. The summed E-state index contributed by atoms with van der Waals surface area (Å²) >= 11 is 0. The van der Waals surface area contributed by atoms with Crippen LogP contribution < -0.4 is 9.64 Å². The molecule has 9 heteroatoms. The number of methoxy groups -OCH3 is 1. The standard InChI is InChI=1S/C22H25N3O5S/c1-16-14-19(8-9-20(16)30-2)31(28,29)23-12-10-17(11-13-23)24-15-21(26)25(22(24)27)18-6-4-3-5-7-18/h3-9,14,17H,10-13,15H2,1-2H3. The third kappa shape index (κ3) is 3.90. The number of carbonyl (C=O) groups is 2. The van der Waals surface area contributed by atoms with Crippen molar-refractivity contribution in [3.05, 3.63) is 54.1 Å². The van der Waals surface area contributed by atoms with Gasteiger partial charge >= 0.3 is 6.03 Å². The third-order valence-corrected chi connectivity index (χ3v) is 7.77. The Labute approximate surface area is 182 Å². The molecule has 2 aromatic rings. The number of nitrogens with zero attached hydrogens (tertiary/aromatic N) is 3. The second-order valence-electron chi connectivity index (χ2n) is 7.74. The number of sulfonamides is 1. The van der Waals surface area contributed by atoms with Gasteiger partial charge in [-0.2, -0.15) is 4.31 Å². The van der Waals surface area contributed by atoms with E-state index >= 15 is 0 Å². The zero-order chi connectivity index (χ0) is 22.2. The van der Waals surface area contributed by atoms with E-state index in [1.165, 1.54) is 9.21 Å². The van der Waals surface area contributed by atoms with E-state index in [-0.39, 0.29) is 29.4 Å². The van der Waals surface area contributed by atoms with Crippen LogP contribution in [0.25, 0.3) is 0 Å². The molecule has 0 unspecified atom stereocenters. The smallest absolute Gasteiger partial charge is 0.332 e. The summed E-state index contributed by atoms with van der Waals surface area (Å²) in [5, 5.41) is 0. The lowest BCUT2D eigenvalue weighted by molar-refractivity contribution is -0.116. The normalized spacial score (nSPS) is 18.6. The van der Waals surface area contributed by atoms with Gasteiger partial charge in [0.15, 0.2) is 0 Å². The molecule has 2 heterocycles. The zero-order valence-corrected chi connectivity index (χ0v) is 18.3. The van der Waals surface area contributed by atoms with Gasteiger partial charge in [-0.15, -0.1) is 0 Å². The van der Waals surface area contributed by atoms with E-state index in [1.54, 1.807) is 61.4 Å². The first-order chi connectivity index (χ1) is 14.8. The first-order valence-corrected chi connectivity index (χ1v) is 11.6. The molecule has 0 bridgehead atoms. The summed E-state index contributed by atoms with van der Waals surface area (Å²) in [5.74, 6) is 0.373. The second-order valence-corrected chi connectivity index (χ2v) is 9.68. The Kier molecular flexibility index (Phi) is 5.72. The van der Waals surface area contributed by atoms with E-state index in [2.05, 4.69) is 0 Å². The number of para-hydroxylation sites is 1. The van der Waals surface area contributed by atoms with Gasteiger partial charge in [0, 0.05) is 19.1 Å². The number of hydrogen-bond acceptors (Lipinski definition) is 5. The molecule has 31 heavy (non-hydrogen) atoms. The topological polar surface area (TPSA) is 87.2 Å². The number of carbonyl (C=O) groups excluding carboxylic acids is 2. The van der Waals surface area contributed by atoms with Gasteiger partial charge < -0.3 is 9.64 Å². The molecule has 4 rings (SSSR count). The summed E-state index contributed by atoms with van der Waals surface area (Å²) in [6.07, 6.45) is 0.964. The largest absolute Gasteiger partial charge is 0.496 e. The molecule has 2 aromatic carbocycles. The van der Waals surface area contributed by atoms with Gasteiger partial charge in [0.25, 0.3) is 5.91 Å². The van der Waals surface area contributed by atoms with E-state index < -0.39 is 10.0 Å². The van der Waals surface area contributed by atoms with E-state index in [4.69, 9.17) is 4.74 Å². The molecule has 2 fully saturated rings. The van der Waals surface area contributed by atoms with Gasteiger partial charge in [-0.1, -0.05) is 18.2 Å². The Morgan fingerprint density at radius 2 is 1.68 bits per heavy atom. The fourth-order valence-corrected chi connectivity index (χ4v) is 5.75. The van der Waals surface area contributed by atoms with Crippen LogP contribution in [-0.2, 0) is 14.8 Å². The minimum atomic E-state index is -3.64. The number of rotatable bonds is 5. The summed E-state index contributed by atoms with van der Waals surface area (Å²) in [6, 6.07) is 13.1. The van der Waals surface area contributed by atoms with E-state index in [1.807, 2.05) is 6.07 Å².